The van der Waals surface area contributed by atoms with E-state index in [1.54, 1.807) is 0 Å². The fraction of sp³-hybridized carbons (Fsp3) is 0.636. The van der Waals surface area contributed by atoms with Gasteiger partial charge in [0.05, 0.1) is 12.4 Å². The van der Waals surface area contributed by atoms with Gasteiger partial charge in [-0.15, -0.1) is 0 Å². The third-order valence-corrected chi connectivity index (χ3v) is 5.34. The summed E-state index contributed by atoms with van der Waals surface area (Å²) < 4.78 is 27.0. The number of anilines is 1. The summed E-state index contributed by atoms with van der Waals surface area (Å²) in [5.41, 5.74) is 0. The average Bonchev–Trinajstić information content (AvgIpc) is 2.40. The van der Waals surface area contributed by atoms with Crippen molar-refractivity contribution in [2.75, 3.05) is 23.4 Å². The summed E-state index contributed by atoms with van der Waals surface area (Å²) in [6, 6.07) is 0.0275. The molecule has 1 saturated heterocycles. The van der Waals surface area contributed by atoms with Crippen LogP contribution in [0.3, 0.4) is 0 Å². The first kappa shape index (κ1) is 14.5. The number of hydrogen-bond acceptors (Lipinski definition) is 6. The SMILES string of the molecule is CCNc1ncc(S(=O)(=O)NC2CCSCC2)cn1. The van der Waals surface area contributed by atoms with Gasteiger partial charge in [-0.1, -0.05) is 0 Å². The van der Waals surface area contributed by atoms with E-state index in [4.69, 9.17) is 0 Å². The predicted octanol–water partition coefficient (Wildman–Crippen LogP) is 1.08. The van der Waals surface area contributed by atoms with Crippen LogP contribution in [0.5, 0.6) is 0 Å². The van der Waals surface area contributed by atoms with Crippen molar-refractivity contribution >= 4 is 27.7 Å². The minimum absolute atomic E-state index is 0.0275. The molecule has 1 aromatic heterocycles. The van der Waals surface area contributed by atoms with Crippen molar-refractivity contribution in [1.82, 2.24) is 14.7 Å². The van der Waals surface area contributed by atoms with E-state index in [0.29, 0.717) is 12.5 Å². The van der Waals surface area contributed by atoms with Crippen molar-refractivity contribution < 1.29 is 8.42 Å². The molecule has 2 heterocycles. The summed E-state index contributed by atoms with van der Waals surface area (Å²) in [5.74, 6) is 2.45. The Bertz CT molecular complexity index is 498. The summed E-state index contributed by atoms with van der Waals surface area (Å²) in [4.78, 5) is 8.08. The van der Waals surface area contributed by atoms with Gasteiger partial charge in [-0.3, -0.25) is 0 Å². The zero-order chi connectivity index (χ0) is 13.7. The van der Waals surface area contributed by atoms with Crippen molar-refractivity contribution in [3.05, 3.63) is 12.4 Å². The molecule has 8 heteroatoms. The van der Waals surface area contributed by atoms with Crippen molar-refractivity contribution in [3.63, 3.8) is 0 Å². The van der Waals surface area contributed by atoms with Gasteiger partial charge in [-0.05, 0) is 31.3 Å². The molecule has 2 rings (SSSR count). The van der Waals surface area contributed by atoms with Crippen LogP contribution < -0.4 is 10.0 Å². The fourth-order valence-electron chi connectivity index (χ4n) is 1.81. The lowest BCUT2D eigenvalue weighted by Gasteiger charge is -2.22. The summed E-state index contributed by atoms with van der Waals surface area (Å²) in [5, 5.41) is 2.93. The number of nitrogens with zero attached hydrogens (tertiary/aromatic N) is 2. The highest BCUT2D eigenvalue weighted by Gasteiger charge is 2.22. The molecular formula is C11H18N4O2S2. The molecule has 0 aliphatic carbocycles. The quantitative estimate of drug-likeness (QED) is 0.847. The zero-order valence-electron chi connectivity index (χ0n) is 10.8. The van der Waals surface area contributed by atoms with E-state index in [0.717, 1.165) is 24.3 Å². The molecule has 0 aromatic carbocycles. The van der Waals surface area contributed by atoms with Gasteiger partial charge >= 0.3 is 0 Å². The molecule has 19 heavy (non-hydrogen) atoms. The molecule has 1 aromatic rings. The van der Waals surface area contributed by atoms with E-state index in [-0.39, 0.29) is 10.9 Å². The van der Waals surface area contributed by atoms with Gasteiger partial charge in [-0.25, -0.2) is 23.1 Å². The molecule has 0 bridgehead atoms. The average molecular weight is 302 g/mol. The molecule has 0 amide bonds. The lowest BCUT2D eigenvalue weighted by atomic mass is 10.2. The highest BCUT2D eigenvalue weighted by Crippen LogP contribution is 2.19. The Morgan fingerprint density at radius 1 is 1.32 bits per heavy atom. The molecule has 0 spiro atoms. The molecule has 0 saturated carbocycles. The molecule has 106 valence electrons. The van der Waals surface area contributed by atoms with Crippen LogP contribution in [-0.2, 0) is 10.0 Å². The summed E-state index contributed by atoms with van der Waals surface area (Å²) in [6.07, 6.45) is 4.43. The van der Waals surface area contributed by atoms with Crippen LogP contribution in [0.4, 0.5) is 5.95 Å². The summed E-state index contributed by atoms with van der Waals surface area (Å²) in [6.45, 7) is 2.63. The first-order valence-electron chi connectivity index (χ1n) is 6.28. The minimum atomic E-state index is -3.50. The van der Waals surface area contributed by atoms with Gasteiger partial charge in [0.15, 0.2) is 0 Å². The van der Waals surface area contributed by atoms with Crippen LogP contribution in [0.2, 0.25) is 0 Å². The van der Waals surface area contributed by atoms with Crippen LogP contribution in [0.15, 0.2) is 17.3 Å². The smallest absolute Gasteiger partial charge is 0.243 e. The van der Waals surface area contributed by atoms with Gasteiger partial charge in [0, 0.05) is 12.6 Å². The Hall–Kier alpha value is -0.860. The van der Waals surface area contributed by atoms with E-state index in [2.05, 4.69) is 20.0 Å². The molecule has 6 nitrogen and oxygen atoms in total. The summed E-state index contributed by atoms with van der Waals surface area (Å²) in [7, 11) is -3.50. The topological polar surface area (TPSA) is 84.0 Å². The van der Waals surface area contributed by atoms with E-state index < -0.39 is 10.0 Å². The zero-order valence-corrected chi connectivity index (χ0v) is 12.4. The van der Waals surface area contributed by atoms with Gasteiger partial charge in [-0.2, -0.15) is 11.8 Å². The van der Waals surface area contributed by atoms with Gasteiger partial charge in [0.1, 0.15) is 4.90 Å². The normalized spacial score (nSPS) is 17.3. The van der Waals surface area contributed by atoms with Crippen molar-refractivity contribution in [3.8, 4) is 0 Å². The van der Waals surface area contributed by atoms with Crippen LogP contribution in [0.25, 0.3) is 0 Å². The highest BCUT2D eigenvalue weighted by molar-refractivity contribution is 7.99. The second-order valence-corrected chi connectivity index (χ2v) is 7.22. The predicted molar refractivity (Wildman–Crippen MR) is 76.9 cm³/mol. The molecule has 2 N–H and O–H groups in total. The number of hydrogen-bond donors (Lipinski definition) is 2. The lowest BCUT2D eigenvalue weighted by Crippen LogP contribution is -2.37. The van der Waals surface area contributed by atoms with E-state index in [1.165, 1.54) is 12.4 Å². The van der Waals surface area contributed by atoms with E-state index in [1.807, 2.05) is 18.7 Å². The molecule has 0 unspecified atom stereocenters. The van der Waals surface area contributed by atoms with E-state index >= 15 is 0 Å². The van der Waals surface area contributed by atoms with Gasteiger partial charge < -0.3 is 5.32 Å². The first-order chi connectivity index (χ1) is 9.12. The molecule has 1 fully saturated rings. The maximum absolute atomic E-state index is 12.2. The first-order valence-corrected chi connectivity index (χ1v) is 8.91. The molecule has 1 aliphatic rings. The van der Waals surface area contributed by atoms with Crippen LogP contribution in [0, 0.1) is 0 Å². The Kier molecular flexibility index (Phi) is 5.00. The van der Waals surface area contributed by atoms with E-state index in [9.17, 15) is 8.42 Å². The Balaban J connectivity index is 2.05. The highest BCUT2D eigenvalue weighted by atomic mass is 32.2. The third-order valence-electron chi connectivity index (χ3n) is 2.82. The van der Waals surface area contributed by atoms with Crippen molar-refractivity contribution in [2.24, 2.45) is 0 Å². The maximum Gasteiger partial charge on any atom is 0.243 e. The van der Waals surface area contributed by atoms with Crippen molar-refractivity contribution in [2.45, 2.75) is 30.7 Å². The Labute approximate surface area is 117 Å². The lowest BCUT2D eigenvalue weighted by molar-refractivity contribution is 0.528. The van der Waals surface area contributed by atoms with Crippen LogP contribution in [-0.4, -0.2) is 42.5 Å². The maximum atomic E-state index is 12.2. The van der Waals surface area contributed by atoms with Gasteiger partial charge in [0.25, 0.3) is 0 Å². The van der Waals surface area contributed by atoms with Crippen LogP contribution >= 0.6 is 11.8 Å². The number of thioether (sulfide) groups is 1. The molecule has 0 atom stereocenters. The monoisotopic (exact) mass is 302 g/mol. The molecule has 1 aliphatic heterocycles. The number of sulfonamides is 1. The fourth-order valence-corrected chi connectivity index (χ4v) is 4.11. The second kappa shape index (κ2) is 6.53. The third kappa shape index (κ3) is 4.05. The summed E-state index contributed by atoms with van der Waals surface area (Å²) >= 11 is 1.86. The Morgan fingerprint density at radius 3 is 2.53 bits per heavy atom. The molecule has 0 radical (unpaired) electrons. The number of rotatable bonds is 5. The van der Waals surface area contributed by atoms with Gasteiger partial charge in [0.2, 0.25) is 16.0 Å². The minimum Gasteiger partial charge on any atom is -0.355 e. The number of nitrogens with one attached hydrogen (secondary N) is 2. The standard InChI is InChI=1S/C11H18N4O2S2/c1-2-12-11-13-7-10(8-14-11)19(16,17)15-9-3-5-18-6-4-9/h7-9,15H,2-6H2,1H3,(H,12,13,14). The Morgan fingerprint density at radius 2 is 1.95 bits per heavy atom. The second-order valence-electron chi connectivity index (χ2n) is 4.28. The number of aromatic nitrogens is 2. The van der Waals surface area contributed by atoms with Crippen LogP contribution in [0.1, 0.15) is 19.8 Å². The molecular weight excluding hydrogens is 284 g/mol. The largest absolute Gasteiger partial charge is 0.355 e. The van der Waals surface area contributed by atoms with Crippen molar-refractivity contribution in [1.29, 1.82) is 0 Å².